The van der Waals surface area contributed by atoms with E-state index in [9.17, 15) is 9.59 Å². The molecule has 1 heterocycles. The van der Waals surface area contributed by atoms with E-state index >= 15 is 0 Å². The zero-order valence-corrected chi connectivity index (χ0v) is 12.0. The monoisotopic (exact) mass is 304 g/mol. The fraction of sp³-hybridized carbons (Fsp3) is 0.267. The molecule has 0 atom stereocenters. The molecule has 0 saturated carbocycles. The molecule has 7 nitrogen and oxygen atoms in total. The zero-order chi connectivity index (χ0) is 15.9. The first-order chi connectivity index (χ1) is 10.6. The van der Waals surface area contributed by atoms with E-state index in [4.69, 9.17) is 14.3 Å². The molecule has 1 aromatic carbocycles. The van der Waals surface area contributed by atoms with Crippen molar-refractivity contribution in [3.8, 4) is 11.3 Å². The Kier molecular flexibility index (Phi) is 5.26. The first kappa shape index (κ1) is 15.7. The summed E-state index contributed by atoms with van der Waals surface area (Å²) in [7, 11) is 0. The van der Waals surface area contributed by atoms with Crippen LogP contribution in [0.4, 0.5) is 0 Å². The van der Waals surface area contributed by atoms with Gasteiger partial charge in [-0.25, -0.2) is 9.78 Å². The molecule has 2 aromatic rings. The summed E-state index contributed by atoms with van der Waals surface area (Å²) < 4.78 is 10.1. The number of aryl methyl sites for hydroxylation is 1. The first-order valence-electron chi connectivity index (χ1n) is 6.66. The minimum atomic E-state index is -1.05. The number of amides is 1. The smallest absolute Gasteiger partial charge is 0.329 e. The third-order valence-corrected chi connectivity index (χ3v) is 2.85. The summed E-state index contributed by atoms with van der Waals surface area (Å²) in [6.07, 6.45) is 1.21. The van der Waals surface area contributed by atoms with Crippen molar-refractivity contribution < 1.29 is 23.8 Å². The lowest BCUT2D eigenvalue weighted by molar-refractivity contribution is -0.142. The number of hydrogen-bond acceptors (Lipinski definition) is 5. The minimum absolute atomic E-state index is 0.107. The Morgan fingerprint density at radius 2 is 2.05 bits per heavy atom. The van der Waals surface area contributed by atoms with Crippen molar-refractivity contribution in [3.63, 3.8) is 0 Å². The van der Waals surface area contributed by atoms with Crippen LogP contribution in [0.15, 0.2) is 35.1 Å². The van der Waals surface area contributed by atoms with Gasteiger partial charge >= 0.3 is 5.97 Å². The Hall–Kier alpha value is -2.67. The minimum Gasteiger partial charge on any atom is -0.480 e. The van der Waals surface area contributed by atoms with Gasteiger partial charge in [0.1, 0.15) is 6.61 Å². The summed E-state index contributed by atoms with van der Waals surface area (Å²) in [6, 6.07) is 7.53. The molecule has 7 heteroatoms. The average Bonchev–Trinajstić information content (AvgIpc) is 2.96. The number of hydrogen-bond donors (Lipinski definition) is 2. The van der Waals surface area contributed by atoms with E-state index in [-0.39, 0.29) is 18.8 Å². The van der Waals surface area contributed by atoms with Crippen LogP contribution < -0.4 is 5.32 Å². The molecule has 22 heavy (non-hydrogen) atoms. The Labute approximate surface area is 126 Å². The van der Waals surface area contributed by atoms with Crippen molar-refractivity contribution in [2.24, 2.45) is 0 Å². The van der Waals surface area contributed by atoms with E-state index in [1.165, 1.54) is 6.39 Å². The number of nitrogens with one attached hydrogen (secondary N) is 1. The maximum atomic E-state index is 12.1. The maximum absolute atomic E-state index is 12.1. The van der Waals surface area contributed by atoms with Crippen LogP contribution in [-0.4, -0.2) is 41.7 Å². The molecular formula is C15H16N2O5. The van der Waals surface area contributed by atoms with E-state index in [1.807, 2.05) is 31.2 Å². The average molecular weight is 304 g/mol. The first-order valence-corrected chi connectivity index (χ1v) is 6.66. The number of carbonyl (C=O) groups excluding carboxylic acids is 1. The van der Waals surface area contributed by atoms with Gasteiger partial charge in [-0.05, 0) is 6.92 Å². The number of carboxylic acid groups (broad SMARTS) is 1. The van der Waals surface area contributed by atoms with Crippen LogP contribution in [0.2, 0.25) is 0 Å². The molecule has 116 valence electrons. The van der Waals surface area contributed by atoms with Crippen molar-refractivity contribution in [2.75, 3.05) is 19.8 Å². The Morgan fingerprint density at radius 3 is 2.73 bits per heavy atom. The maximum Gasteiger partial charge on any atom is 0.329 e. The van der Waals surface area contributed by atoms with Crippen LogP contribution in [0.3, 0.4) is 0 Å². The Bertz CT molecular complexity index is 648. The lowest BCUT2D eigenvalue weighted by Crippen LogP contribution is -2.28. The van der Waals surface area contributed by atoms with Gasteiger partial charge in [-0.1, -0.05) is 29.8 Å². The van der Waals surface area contributed by atoms with Crippen molar-refractivity contribution in [1.82, 2.24) is 10.3 Å². The SMILES string of the molecule is Cc1ccc(-c2ocnc2C(=O)NCCOCC(=O)O)cc1. The van der Waals surface area contributed by atoms with Crippen molar-refractivity contribution in [3.05, 3.63) is 41.9 Å². The standard InChI is InChI=1S/C15H16N2O5/c1-10-2-4-11(5-3-10)14-13(17-9-22-14)15(20)16-6-7-21-8-12(18)19/h2-5,9H,6-8H2,1H3,(H,16,20)(H,18,19). The second-order valence-electron chi connectivity index (χ2n) is 4.60. The number of aromatic nitrogens is 1. The van der Waals surface area contributed by atoms with Gasteiger partial charge in [0, 0.05) is 12.1 Å². The summed E-state index contributed by atoms with van der Waals surface area (Å²) in [5.74, 6) is -1.06. The molecule has 1 amide bonds. The predicted molar refractivity (Wildman–Crippen MR) is 77.5 cm³/mol. The van der Waals surface area contributed by atoms with Crippen molar-refractivity contribution in [1.29, 1.82) is 0 Å². The topological polar surface area (TPSA) is 102 Å². The van der Waals surface area contributed by atoms with Crippen LogP contribution in [0.25, 0.3) is 11.3 Å². The zero-order valence-electron chi connectivity index (χ0n) is 12.0. The molecule has 0 aliphatic heterocycles. The van der Waals surface area contributed by atoms with Gasteiger partial charge in [-0.3, -0.25) is 4.79 Å². The van der Waals surface area contributed by atoms with Gasteiger partial charge < -0.3 is 19.6 Å². The number of carbonyl (C=O) groups is 2. The highest BCUT2D eigenvalue weighted by Crippen LogP contribution is 2.23. The van der Waals surface area contributed by atoms with E-state index in [2.05, 4.69) is 10.3 Å². The van der Waals surface area contributed by atoms with Gasteiger partial charge in [0.2, 0.25) is 0 Å². The van der Waals surface area contributed by atoms with Crippen LogP contribution in [0, 0.1) is 6.92 Å². The summed E-state index contributed by atoms with van der Waals surface area (Å²) >= 11 is 0. The van der Waals surface area contributed by atoms with Crippen LogP contribution in [0.5, 0.6) is 0 Å². The molecule has 0 aliphatic carbocycles. The van der Waals surface area contributed by atoms with Gasteiger partial charge in [-0.2, -0.15) is 0 Å². The lowest BCUT2D eigenvalue weighted by Gasteiger charge is -2.05. The molecule has 0 spiro atoms. The molecule has 0 radical (unpaired) electrons. The molecule has 0 fully saturated rings. The van der Waals surface area contributed by atoms with E-state index in [0.717, 1.165) is 11.1 Å². The van der Waals surface area contributed by atoms with Gasteiger partial charge in [0.25, 0.3) is 5.91 Å². The second kappa shape index (κ2) is 7.37. The number of carboxylic acids is 1. The van der Waals surface area contributed by atoms with Crippen molar-refractivity contribution >= 4 is 11.9 Å². The van der Waals surface area contributed by atoms with Crippen molar-refractivity contribution in [2.45, 2.75) is 6.92 Å². The molecule has 0 unspecified atom stereocenters. The van der Waals surface area contributed by atoms with Gasteiger partial charge in [0.05, 0.1) is 6.61 Å². The Morgan fingerprint density at radius 1 is 1.32 bits per heavy atom. The summed E-state index contributed by atoms with van der Waals surface area (Å²) in [5.41, 5.74) is 2.04. The largest absolute Gasteiger partial charge is 0.480 e. The fourth-order valence-electron chi connectivity index (χ4n) is 1.80. The highest BCUT2D eigenvalue weighted by atomic mass is 16.5. The van der Waals surface area contributed by atoms with Gasteiger partial charge in [-0.15, -0.1) is 0 Å². The van der Waals surface area contributed by atoms with E-state index in [1.54, 1.807) is 0 Å². The highest BCUT2D eigenvalue weighted by molar-refractivity contribution is 5.97. The molecular weight excluding hydrogens is 288 g/mol. The summed E-state index contributed by atoms with van der Waals surface area (Å²) in [5, 5.41) is 11.0. The third-order valence-electron chi connectivity index (χ3n) is 2.85. The third kappa shape index (κ3) is 4.16. The molecule has 0 bridgehead atoms. The number of aliphatic carboxylic acids is 1. The fourth-order valence-corrected chi connectivity index (χ4v) is 1.80. The number of rotatable bonds is 7. The molecule has 0 aliphatic rings. The highest BCUT2D eigenvalue weighted by Gasteiger charge is 2.17. The summed E-state index contributed by atoms with van der Waals surface area (Å²) in [4.78, 5) is 26.3. The summed E-state index contributed by atoms with van der Waals surface area (Å²) in [6.45, 7) is 1.87. The number of ether oxygens (including phenoxy) is 1. The Balaban J connectivity index is 1.95. The quantitative estimate of drug-likeness (QED) is 0.751. The predicted octanol–water partition coefficient (Wildman–Crippen LogP) is 1.48. The molecule has 2 rings (SSSR count). The second-order valence-corrected chi connectivity index (χ2v) is 4.60. The molecule has 0 saturated heterocycles. The van der Waals surface area contributed by atoms with Crippen LogP contribution in [-0.2, 0) is 9.53 Å². The van der Waals surface area contributed by atoms with Crippen LogP contribution in [0.1, 0.15) is 16.1 Å². The number of benzene rings is 1. The number of oxazole rings is 1. The van der Waals surface area contributed by atoms with Crippen LogP contribution >= 0.6 is 0 Å². The van der Waals surface area contributed by atoms with E-state index < -0.39 is 18.5 Å². The normalized spacial score (nSPS) is 10.4. The molecule has 2 N–H and O–H groups in total. The molecule has 1 aromatic heterocycles. The van der Waals surface area contributed by atoms with E-state index in [0.29, 0.717) is 5.76 Å². The number of nitrogens with zero attached hydrogens (tertiary/aromatic N) is 1. The lowest BCUT2D eigenvalue weighted by atomic mass is 10.1. The van der Waals surface area contributed by atoms with Gasteiger partial charge in [0.15, 0.2) is 17.8 Å².